The molecule has 0 aliphatic carbocycles. The number of rotatable bonds is 14. The average Bonchev–Trinajstić information content (AvgIpc) is 2.80. The van der Waals surface area contributed by atoms with Crippen molar-refractivity contribution in [2.75, 3.05) is 19.8 Å². The van der Waals surface area contributed by atoms with Crippen LogP contribution in [0.1, 0.15) is 62.4 Å². The summed E-state index contributed by atoms with van der Waals surface area (Å²) in [5.74, 6) is -0.397. The maximum atomic E-state index is 12.6. The molecule has 0 saturated carbocycles. The molecule has 0 spiro atoms. The number of halogens is 1. The van der Waals surface area contributed by atoms with Crippen LogP contribution in [-0.4, -0.2) is 41.6 Å². The first-order valence-corrected chi connectivity index (χ1v) is 11.4. The molecule has 0 aliphatic rings. The van der Waals surface area contributed by atoms with Crippen molar-refractivity contribution >= 4 is 24.1 Å². The van der Waals surface area contributed by atoms with Gasteiger partial charge < -0.3 is 9.47 Å². The molecule has 0 saturated heterocycles. The molecule has 33 heavy (non-hydrogen) atoms. The van der Waals surface area contributed by atoms with Crippen molar-refractivity contribution in [1.82, 2.24) is 4.90 Å². The third kappa shape index (κ3) is 9.02. The molecule has 0 fully saturated rings. The Hall–Kier alpha value is -2.64. The quantitative estimate of drug-likeness (QED) is 0.142. The topological polar surface area (TPSA) is 81.9 Å². The largest absolute Gasteiger partial charge is 0.487 e. The lowest BCUT2D eigenvalue weighted by Crippen LogP contribution is -2.39. The lowest BCUT2D eigenvalue weighted by molar-refractivity contribution is -0.385. The Bertz CT molecular complexity index is 863. The molecule has 0 aliphatic heterocycles. The summed E-state index contributed by atoms with van der Waals surface area (Å²) in [5.41, 5.74) is 1.14. The number of benzene rings is 2. The first-order valence-electron chi connectivity index (χ1n) is 11.4. The minimum Gasteiger partial charge on any atom is -0.487 e. The van der Waals surface area contributed by atoms with E-state index in [1.54, 1.807) is 0 Å². The summed E-state index contributed by atoms with van der Waals surface area (Å²) in [7, 11) is 0. The smallest absolute Gasteiger partial charge is 0.338 e. The summed E-state index contributed by atoms with van der Waals surface area (Å²) in [6, 6.07) is 14.5. The lowest BCUT2D eigenvalue weighted by atomic mass is 10.1. The summed E-state index contributed by atoms with van der Waals surface area (Å²) in [5, 5.41) is 11.4. The van der Waals surface area contributed by atoms with E-state index in [0.29, 0.717) is 6.61 Å². The van der Waals surface area contributed by atoms with E-state index in [-0.39, 0.29) is 42.1 Å². The molecule has 0 heterocycles. The number of esters is 1. The Kier molecular flexibility index (Phi) is 13.1. The molecule has 0 N–H and O–H groups in total. The lowest BCUT2D eigenvalue weighted by Gasteiger charge is -2.30. The van der Waals surface area contributed by atoms with Gasteiger partial charge in [0.15, 0.2) is 5.75 Å². The van der Waals surface area contributed by atoms with Gasteiger partial charge in [-0.15, -0.1) is 12.4 Å². The summed E-state index contributed by atoms with van der Waals surface area (Å²) in [6.07, 6.45) is 3.54. The molecule has 0 radical (unpaired) electrons. The normalized spacial score (nSPS) is 11.5. The summed E-state index contributed by atoms with van der Waals surface area (Å²) in [4.78, 5) is 25.9. The van der Waals surface area contributed by atoms with Crippen LogP contribution >= 0.6 is 12.4 Å². The first-order chi connectivity index (χ1) is 15.5. The summed E-state index contributed by atoms with van der Waals surface area (Å²) < 4.78 is 11.1. The van der Waals surface area contributed by atoms with Crippen LogP contribution in [0.25, 0.3) is 0 Å². The Labute approximate surface area is 202 Å². The van der Waals surface area contributed by atoms with Gasteiger partial charge in [0.05, 0.1) is 17.1 Å². The van der Waals surface area contributed by atoms with Gasteiger partial charge in [-0.2, -0.15) is 0 Å². The molecular formula is C25H35ClN2O5. The fraction of sp³-hybridized carbons (Fsp3) is 0.480. The Balaban J connectivity index is 0.00000544. The highest BCUT2D eigenvalue weighted by Crippen LogP contribution is 2.28. The second-order valence-corrected chi connectivity index (χ2v) is 7.76. The van der Waals surface area contributed by atoms with Crippen LogP contribution in [0.4, 0.5) is 5.69 Å². The molecule has 0 aromatic heterocycles. The molecule has 1 unspecified atom stereocenters. The highest BCUT2D eigenvalue weighted by atomic mass is 35.5. The number of nitro groups is 1. The minimum absolute atomic E-state index is 0. The van der Waals surface area contributed by atoms with Crippen LogP contribution < -0.4 is 4.74 Å². The molecule has 0 bridgehead atoms. The Morgan fingerprint density at radius 1 is 1.09 bits per heavy atom. The fourth-order valence-electron chi connectivity index (χ4n) is 3.47. The predicted molar refractivity (Wildman–Crippen MR) is 132 cm³/mol. The van der Waals surface area contributed by atoms with E-state index in [4.69, 9.17) is 9.47 Å². The highest BCUT2D eigenvalue weighted by Gasteiger charge is 2.22. The Morgan fingerprint density at radius 2 is 1.82 bits per heavy atom. The number of unbranched alkanes of at least 4 members (excludes halogenated alkanes) is 1. The minimum atomic E-state index is -0.567. The van der Waals surface area contributed by atoms with E-state index in [1.165, 1.54) is 23.8 Å². The molecule has 1 atom stereocenters. The number of hydrogen-bond donors (Lipinski definition) is 0. The zero-order valence-corrected chi connectivity index (χ0v) is 20.5. The molecule has 2 aromatic rings. The van der Waals surface area contributed by atoms with Crippen molar-refractivity contribution in [3.05, 3.63) is 69.8 Å². The molecule has 0 amide bonds. The van der Waals surface area contributed by atoms with Gasteiger partial charge in [0.2, 0.25) is 0 Å². The van der Waals surface area contributed by atoms with E-state index in [9.17, 15) is 14.9 Å². The summed E-state index contributed by atoms with van der Waals surface area (Å²) in [6.45, 7) is 8.50. The second-order valence-electron chi connectivity index (χ2n) is 7.76. The van der Waals surface area contributed by atoms with Gasteiger partial charge in [-0.3, -0.25) is 15.0 Å². The zero-order valence-electron chi connectivity index (χ0n) is 19.7. The van der Waals surface area contributed by atoms with E-state index < -0.39 is 10.9 Å². The third-order valence-corrected chi connectivity index (χ3v) is 5.28. The number of ether oxygens (including phenoxy) is 2. The van der Waals surface area contributed by atoms with Crippen LogP contribution in [0.15, 0.2) is 48.5 Å². The van der Waals surface area contributed by atoms with E-state index in [0.717, 1.165) is 38.8 Å². The average molecular weight is 479 g/mol. The molecule has 182 valence electrons. The van der Waals surface area contributed by atoms with Gasteiger partial charge in [0.25, 0.3) is 0 Å². The Morgan fingerprint density at radius 3 is 2.42 bits per heavy atom. The molecule has 2 rings (SSSR count). The first kappa shape index (κ1) is 28.4. The van der Waals surface area contributed by atoms with Gasteiger partial charge in [-0.1, -0.05) is 57.5 Å². The van der Waals surface area contributed by atoms with Crippen LogP contribution in [0.3, 0.4) is 0 Å². The molecular weight excluding hydrogens is 444 g/mol. The molecule has 8 heteroatoms. The van der Waals surface area contributed by atoms with Crippen molar-refractivity contribution in [2.24, 2.45) is 0 Å². The van der Waals surface area contributed by atoms with Gasteiger partial charge in [-0.05, 0) is 43.5 Å². The maximum Gasteiger partial charge on any atom is 0.338 e. The van der Waals surface area contributed by atoms with E-state index >= 15 is 0 Å². The SMILES string of the molecule is CCCCOc1ccc(C(=O)OCC(CC)N(CCC)Cc2ccccc2)cc1[N+](=O)[O-].Cl. The predicted octanol–water partition coefficient (Wildman–Crippen LogP) is 6.04. The third-order valence-electron chi connectivity index (χ3n) is 5.28. The van der Waals surface area contributed by atoms with Crippen molar-refractivity contribution in [1.29, 1.82) is 0 Å². The van der Waals surface area contributed by atoms with Crippen LogP contribution in [-0.2, 0) is 11.3 Å². The molecule has 7 nitrogen and oxygen atoms in total. The highest BCUT2D eigenvalue weighted by molar-refractivity contribution is 5.90. The zero-order chi connectivity index (χ0) is 23.3. The monoisotopic (exact) mass is 478 g/mol. The van der Waals surface area contributed by atoms with Gasteiger partial charge in [0, 0.05) is 18.7 Å². The van der Waals surface area contributed by atoms with Gasteiger partial charge in [-0.25, -0.2) is 4.79 Å². The van der Waals surface area contributed by atoms with Crippen molar-refractivity contribution < 1.29 is 19.2 Å². The standard InChI is InChI=1S/C25H34N2O5.ClH/c1-4-7-16-31-24-14-13-21(17-23(24)27(29)30)25(28)32-19-22(6-3)26(15-5-2)18-20-11-9-8-10-12-20;/h8-14,17,22H,4-7,15-16,18-19H2,1-3H3;1H. The van der Waals surface area contributed by atoms with Crippen LogP contribution in [0.5, 0.6) is 5.75 Å². The molecule has 2 aromatic carbocycles. The van der Waals surface area contributed by atoms with Gasteiger partial charge >= 0.3 is 11.7 Å². The number of carbonyl (C=O) groups excluding carboxylic acids is 1. The number of nitrogens with zero attached hydrogens (tertiary/aromatic N) is 2. The second kappa shape index (κ2) is 15.2. The van der Waals surface area contributed by atoms with Gasteiger partial charge in [0.1, 0.15) is 6.61 Å². The number of carbonyl (C=O) groups is 1. The van der Waals surface area contributed by atoms with Crippen molar-refractivity contribution in [3.8, 4) is 5.75 Å². The van der Waals surface area contributed by atoms with E-state index in [1.807, 2.05) is 25.1 Å². The number of hydrogen-bond acceptors (Lipinski definition) is 6. The van der Waals surface area contributed by atoms with Crippen LogP contribution in [0.2, 0.25) is 0 Å². The fourth-order valence-corrected chi connectivity index (χ4v) is 3.47. The number of nitro benzene ring substituents is 1. The van der Waals surface area contributed by atoms with Crippen molar-refractivity contribution in [3.63, 3.8) is 0 Å². The summed E-state index contributed by atoms with van der Waals surface area (Å²) >= 11 is 0. The van der Waals surface area contributed by atoms with Crippen LogP contribution in [0, 0.1) is 10.1 Å². The maximum absolute atomic E-state index is 12.6. The van der Waals surface area contributed by atoms with E-state index in [2.05, 4.69) is 30.9 Å². The van der Waals surface area contributed by atoms with Crippen molar-refractivity contribution in [2.45, 2.75) is 59.0 Å².